The van der Waals surface area contributed by atoms with Gasteiger partial charge in [0.2, 0.25) is 21.7 Å². The second-order valence-corrected chi connectivity index (χ2v) is 9.43. The Morgan fingerprint density at radius 2 is 2.05 bits per heavy atom. The molecule has 0 aliphatic rings. The molecule has 0 aliphatic heterocycles. The number of hydrogen-bond donors (Lipinski definition) is 3. The second-order valence-electron chi connectivity index (χ2n) is 7.67. The topological polar surface area (TPSA) is 174 Å². The molecule has 15 heteroatoms. The fraction of sp³-hybridized carbons (Fsp3) is 0.227. The Labute approximate surface area is 210 Å². The summed E-state index contributed by atoms with van der Waals surface area (Å²) in [5.74, 6) is 0.0527. The van der Waals surface area contributed by atoms with Gasteiger partial charge < -0.3 is 19.7 Å². The molecule has 3 heterocycles. The van der Waals surface area contributed by atoms with Gasteiger partial charge in [0.05, 0.1) is 28.5 Å². The Kier molecular flexibility index (Phi) is 7.74. The van der Waals surface area contributed by atoms with Crippen LogP contribution in [-0.2, 0) is 23.7 Å². The minimum absolute atomic E-state index is 0.00944. The average molecular weight is 532 g/mol. The standard InChI is InChI=1S/C22H22FN7O6S/c1-30-18(13-35-19-7-6-15(23)11-25-19)17(12-26-30)21-28-20(29-36-21)14-4-2-5-16(10-14)37(33,34)27-9-3-8-24-22(31)32/h2,4-7,10-12,24,27H,3,8-9,13H2,1H3,(H,31,32). The van der Waals surface area contributed by atoms with Crippen LogP contribution in [0.2, 0.25) is 0 Å². The van der Waals surface area contributed by atoms with Gasteiger partial charge >= 0.3 is 6.09 Å². The maximum absolute atomic E-state index is 13.1. The molecule has 13 nitrogen and oxygen atoms in total. The Balaban J connectivity index is 1.47. The van der Waals surface area contributed by atoms with Crippen LogP contribution in [0.15, 0.2) is 58.2 Å². The molecule has 0 radical (unpaired) electrons. The number of benzene rings is 1. The summed E-state index contributed by atoms with van der Waals surface area (Å²) in [5, 5.41) is 18.9. The molecule has 3 N–H and O–H groups in total. The van der Waals surface area contributed by atoms with Crippen molar-refractivity contribution in [1.82, 2.24) is 34.9 Å². The largest absolute Gasteiger partial charge is 0.471 e. The molecule has 0 saturated heterocycles. The highest BCUT2D eigenvalue weighted by atomic mass is 32.2. The van der Waals surface area contributed by atoms with E-state index in [1.165, 1.54) is 30.5 Å². The fourth-order valence-corrected chi connectivity index (χ4v) is 4.35. The van der Waals surface area contributed by atoms with E-state index in [1.54, 1.807) is 23.9 Å². The highest BCUT2D eigenvalue weighted by Gasteiger charge is 2.20. The molecule has 37 heavy (non-hydrogen) atoms. The second kappa shape index (κ2) is 11.1. The number of ether oxygens (including phenoxy) is 1. The molecule has 0 atom stereocenters. The number of aromatic nitrogens is 5. The van der Waals surface area contributed by atoms with Crippen LogP contribution in [0.5, 0.6) is 5.88 Å². The first-order chi connectivity index (χ1) is 17.7. The van der Waals surface area contributed by atoms with Gasteiger partial charge in [-0.25, -0.2) is 27.3 Å². The van der Waals surface area contributed by atoms with Gasteiger partial charge in [0.1, 0.15) is 12.4 Å². The van der Waals surface area contributed by atoms with Crippen molar-refractivity contribution in [2.24, 2.45) is 7.05 Å². The minimum Gasteiger partial charge on any atom is -0.471 e. The minimum atomic E-state index is -3.85. The number of aryl methyl sites for hydroxylation is 1. The molecule has 0 aliphatic carbocycles. The van der Waals surface area contributed by atoms with Crippen LogP contribution in [0, 0.1) is 5.82 Å². The van der Waals surface area contributed by atoms with Crippen molar-refractivity contribution in [1.29, 1.82) is 0 Å². The highest BCUT2D eigenvalue weighted by Crippen LogP contribution is 2.27. The molecule has 1 aromatic carbocycles. The van der Waals surface area contributed by atoms with Gasteiger partial charge in [-0.05, 0) is 24.6 Å². The van der Waals surface area contributed by atoms with Gasteiger partial charge in [0.25, 0.3) is 5.89 Å². The van der Waals surface area contributed by atoms with Crippen molar-refractivity contribution in [2.75, 3.05) is 13.1 Å². The maximum atomic E-state index is 13.1. The average Bonchev–Trinajstić information content (AvgIpc) is 3.50. The van der Waals surface area contributed by atoms with Crippen molar-refractivity contribution in [3.05, 3.63) is 60.3 Å². The van der Waals surface area contributed by atoms with Crippen molar-refractivity contribution in [3.8, 4) is 28.7 Å². The van der Waals surface area contributed by atoms with Gasteiger partial charge in [-0.15, -0.1) is 0 Å². The molecule has 4 rings (SSSR count). The number of halogens is 1. The molecule has 4 aromatic rings. The first-order valence-corrected chi connectivity index (χ1v) is 12.4. The van der Waals surface area contributed by atoms with E-state index in [9.17, 15) is 17.6 Å². The smallest absolute Gasteiger partial charge is 0.404 e. The number of pyridine rings is 1. The van der Waals surface area contributed by atoms with E-state index in [2.05, 4.69) is 30.3 Å². The summed E-state index contributed by atoms with van der Waals surface area (Å²) in [7, 11) is -2.14. The normalized spacial score (nSPS) is 11.4. The van der Waals surface area contributed by atoms with Crippen molar-refractivity contribution in [3.63, 3.8) is 0 Å². The van der Waals surface area contributed by atoms with Crippen molar-refractivity contribution < 1.29 is 32.0 Å². The first kappa shape index (κ1) is 25.7. The number of sulfonamides is 1. The van der Waals surface area contributed by atoms with Crippen LogP contribution >= 0.6 is 0 Å². The van der Waals surface area contributed by atoms with E-state index in [0.29, 0.717) is 16.8 Å². The van der Waals surface area contributed by atoms with Crippen LogP contribution in [-0.4, -0.2) is 57.6 Å². The lowest BCUT2D eigenvalue weighted by molar-refractivity contribution is 0.194. The number of nitrogens with one attached hydrogen (secondary N) is 2. The molecule has 0 bridgehead atoms. The number of amides is 1. The predicted octanol–water partition coefficient (Wildman–Crippen LogP) is 2.19. The molecule has 3 aromatic heterocycles. The van der Waals surface area contributed by atoms with E-state index in [0.717, 1.165) is 6.20 Å². The maximum Gasteiger partial charge on any atom is 0.404 e. The van der Waals surface area contributed by atoms with Gasteiger partial charge in [0.15, 0.2) is 0 Å². The monoisotopic (exact) mass is 531 g/mol. The summed E-state index contributed by atoms with van der Waals surface area (Å²) in [5.41, 5.74) is 1.51. The Bertz CT molecular complexity index is 1490. The molecular weight excluding hydrogens is 509 g/mol. The summed E-state index contributed by atoms with van der Waals surface area (Å²) in [6.45, 7) is 0.216. The quantitative estimate of drug-likeness (QED) is 0.243. The number of hydrogen-bond acceptors (Lipinski definition) is 9. The number of nitrogens with zero attached hydrogens (tertiary/aromatic N) is 5. The Morgan fingerprint density at radius 3 is 2.81 bits per heavy atom. The molecular formula is C22H22FN7O6S. The van der Waals surface area contributed by atoms with Crippen molar-refractivity contribution >= 4 is 16.1 Å². The fourth-order valence-electron chi connectivity index (χ4n) is 3.23. The number of rotatable bonds is 11. The zero-order valence-electron chi connectivity index (χ0n) is 19.5. The van der Waals surface area contributed by atoms with E-state index in [1.807, 2.05) is 0 Å². The molecule has 0 unspecified atom stereocenters. The summed E-state index contributed by atoms with van der Waals surface area (Å²) in [4.78, 5) is 18.7. The summed E-state index contributed by atoms with van der Waals surface area (Å²) in [6, 6.07) is 8.64. The third-order valence-electron chi connectivity index (χ3n) is 5.10. The van der Waals surface area contributed by atoms with E-state index in [-0.39, 0.29) is 48.6 Å². The highest BCUT2D eigenvalue weighted by molar-refractivity contribution is 7.89. The summed E-state index contributed by atoms with van der Waals surface area (Å²) in [6.07, 6.45) is 1.68. The van der Waals surface area contributed by atoms with Crippen LogP contribution < -0.4 is 14.8 Å². The van der Waals surface area contributed by atoms with Crippen LogP contribution in [0.4, 0.5) is 9.18 Å². The van der Waals surface area contributed by atoms with Gasteiger partial charge in [0, 0.05) is 31.8 Å². The molecule has 0 saturated carbocycles. The third kappa shape index (κ3) is 6.45. The SMILES string of the molecule is Cn1ncc(-c2nc(-c3cccc(S(=O)(=O)NCCCNC(=O)O)c3)no2)c1COc1ccc(F)cn1. The van der Waals surface area contributed by atoms with Crippen LogP contribution in [0.1, 0.15) is 12.1 Å². The Hall–Kier alpha value is -4.37. The number of carbonyl (C=O) groups is 1. The van der Waals surface area contributed by atoms with E-state index < -0.39 is 21.9 Å². The van der Waals surface area contributed by atoms with E-state index in [4.69, 9.17) is 14.4 Å². The Morgan fingerprint density at radius 1 is 1.22 bits per heavy atom. The first-order valence-electron chi connectivity index (χ1n) is 10.9. The predicted molar refractivity (Wildman–Crippen MR) is 126 cm³/mol. The third-order valence-corrected chi connectivity index (χ3v) is 6.56. The molecule has 0 fully saturated rings. The number of carboxylic acid groups (broad SMARTS) is 1. The van der Waals surface area contributed by atoms with Crippen LogP contribution in [0.3, 0.4) is 0 Å². The molecule has 194 valence electrons. The lowest BCUT2D eigenvalue weighted by atomic mass is 10.2. The van der Waals surface area contributed by atoms with E-state index >= 15 is 0 Å². The lowest BCUT2D eigenvalue weighted by Gasteiger charge is -2.07. The zero-order valence-corrected chi connectivity index (χ0v) is 20.3. The molecule has 1 amide bonds. The van der Waals surface area contributed by atoms with Gasteiger partial charge in [-0.3, -0.25) is 4.68 Å². The van der Waals surface area contributed by atoms with Gasteiger partial charge in [-0.1, -0.05) is 17.3 Å². The molecule has 0 spiro atoms. The van der Waals surface area contributed by atoms with Crippen molar-refractivity contribution in [2.45, 2.75) is 17.9 Å². The summed E-state index contributed by atoms with van der Waals surface area (Å²) < 4.78 is 53.3. The lowest BCUT2D eigenvalue weighted by Crippen LogP contribution is -2.29. The van der Waals surface area contributed by atoms with Crippen LogP contribution in [0.25, 0.3) is 22.8 Å². The zero-order chi connectivity index (χ0) is 26.4. The summed E-state index contributed by atoms with van der Waals surface area (Å²) >= 11 is 0. The van der Waals surface area contributed by atoms with Gasteiger partial charge in [-0.2, -0.15) is 10.1 Å².